The molecule has 1 aromatic heterocycles. The molecule has 5 heteroatoms. The molecule has 0 saturated heterocycles. The summed E-state index contributed by atoms with van der Waals surface area (Å²) in [5, 5.41) is 3.41. The average Bonchev–Trinajstić information content (AvgIpc) is 2.34. The van der Waals surface area contributed by atoms with Gasteiger partial charge in [0.25, 0.3) is 5.91 Å². The van der Waals surface area contributed by atoms with E-state index in [0.717, 1.165) is 5.56 Å². The molecule has 0 unspecified atom stereocenters. The largest absolute Gasteiger partial charge is 0.322 e. The first-order valence-electron chi connectivity index (χ1n) is 5.25. The minimum Gasteiger partial charge on any atom is -0.322 e. The van der Waals surface area contributed by atoms with Crippen molar-refractivity contribution in [2.24, 2.45) is 0 Å². The molecule has 2 aromatic rings. The average molecular weight is 326 g/mol. The second kappa shape index (κ2) is 5.50. The van der Waals surface area contributed by atoms with Crippen LogP contribution in [0.15, 0.2) is 41.1 Å². The Morgan fingerprint density at radius 1 is 1.33 bits per heavy atom. The lowest BCUT2D eigenvalue weighted by molar-refractivity contribution is 0.102. The van der Waals surface area contributed by atoms with Crippen LogP contribution < -0.4 is 5.32 Å². The lowest BCUT2D eigenvalue weighted by Gasteiger charge is -2.07. The molecule has 0 fully saturated rings. The number of amides is 1. The first kappa shape index (κ1) is 13.1. The van der Waals surface area contributed by atoms with Crippen molar-refractivity contribution in [2.75, 3.05) is 5.32 Å². The van der Waals surface area contributed by atoms with Crippen LogP contribution in [0.3, 0.4) is 0 Å². The number of halogens is 2. The van der Waals surface area contributed by atoms with Gasteiger partial charge in [-0.15, -0.1) is 0 Å². The lowest BCUT2D eigenvalue weighted by atomic mass is 10.2. The third-order valence-electron chi connectivity index (χ3n) is 2.42. The maximum atomic E-state index is 12.0. The number of aryl methyl sites for hydroxylation is 1. The highest BCUT2D eigenvalue weighted by Gasteiger charge is 2.07. The summed E-state index contributed by atoms with van der Waals surface area (Å²) in [7, 11) is 0. The van der Waals surface area contributed by atoms with Gasteiger partial charge in [0.1, 0.15) is 4.60 Å². The number of anilines is 1. The number of nitrogens with zero attached hydrogens (tertiary/aromatic N) is 1. The normalized spacial score (nSPS) is 10.2. The number of rotatable bonds is 2. The van der Waals surface area contributed by atoms with E-state index in [0.29, 0.717) is 20.9 Å². The van der Waals surface area contributed by atoms with Crippen molar-refractivity contribution in [3.05, 3.63) is 57.3 Å². The van der Waals surface area contributed by atoms with E-state index in [9.17, 15) is 4.79 Å². The highest BCUT2D eigenvalue weighted by atomic mass is 79.9. The summed E-state index contributed by atoms with van der Waals surface area (Å²) in [5.74, 6) is -0.196. The van der Waals surface area contributed by atoms with Crippen molar-refractivity contribution >= 4 is 39.1 Å². The summed E-state index contributed by atoms with van der Waals surface area (Å²) < 4.78 is 0.622. The van der Waals surface area contributed by atoms with E-state index < -0.39 is 0 Å². The second-order valence-electron chi connectivity index (χ2n) is 3.79. The predicted octanol–water partition coefficient (Wildman–Crippen LogP) is 4.06. The molecule has 18 heavy (non-hydrogen) atoms. The van der Waals surface area contributed by atoms with Crippen LogP contribution in [-0.2, 0) is 0 Å². The van der Waals surface area contributed by atoms with E-state index in [4.69, 9.17) is 11.6 Å². The monoisotopic (exact) mass is 324 g/mol. The van der Waals surface area contributed by atoms with Gasteiger partial charge in [-0.05, 0) is 52.7 Å². The van der Waals surface area contributed by atoms with E-state index >= 15 is 0 Å². The Bertz CT molecular complexity index is 601. The summed E-state index contributed by atoms with van der Waals surface area (Å²) in [6.45, 7) is 1.91. The summed E-state index contributed by atoms with van der Waals surface area (Å²) in [6, 6.07) is 8.71. The van der Waals surface area contributed by atoms with Crippen molar-refractivity contribution in [3.8, 4) is 0 Å². The molecule has 92 valence electrons. The van der Waals surface area contributed by atoms with Crippen molar-refractivity contribution < 1.29 is 4.79 Å². The Balaban J connectivity index is 2.18. The van der Waals surface area contributed by atoms with E-state index in [1.807, 2.05) is 19.1 Å². The fraction of sp³-hybridized carbons (Fsp3) is 0.0769. The molecule has 0 saturated carbocycles. The highest BCUT2D eigenvalue weighted by Crippen LogP contribution is 2.20. The zero-order valence-corrected chi connectivity index (χ0v) is 11.9. The summed E-state index contributed by atoms with van der Waals surface area (Å²) in [4.78, 5) is 15.9. The van der Waals surface area contributed by atoms with Crippen molar-refractivity contribution in [3.63, 3.8) is 0 Å². The number of hydrogen-bond acceptors (Lipinski definition) is 2. The lowest BCUT2D eigenvalue weighted by Crippen LogP contribution is -2.12. The summed E-state index contributed by atoms with van der Waals surface area (Å²) >= 11 is 9.22. The van der Waals surface area contributed by atoms with Crippen LogP contribution in [0.5, 0.6) is 0 Å². The van der Waals surface area contributed by atoms with Crippen molar-refractivity contribution in [2.45, 2.75) is 6.92 Å². The third kappa shape index (κ3) is 3.09. The molecule has 0 bridgehead atoms. The fourth-order valence-electron chi connectivity index (χ4n) is 1.42. The molecule has 0 aliphatic carbocycles. The number of carbonyl (C=O) groups excluding carboxylic acids is 1. The van der Waals surface area contributed by atoms with Crippen LogP contribution in [-0.4, -0.2) is 10.9 Å². The number of aromatic nitrogens is 1. The molecule has 0 aliphatic heterocycles. The van der Waals surface area contributed by atoms with Crippen LogP contribution >= 0.6 is 27.5 Å². The molecule has 1 heterocycles. The first-order chi connectivity index (χ1) is 8.56. The zero-order valence-electron chi connectivity index (χ0n) is 9.58. The van der Waals surface area contributed by atoms with Gasteiger partial charge in [-0.2, -0.15) is 0 Å². The van der Waals surface area contributed by atoms with Gasteiger partial charge in [0, 0.05) is 22.5 Å². The number of nitrogens with one attached hydrogen (secondary N) is 1. The van der Waals surface area contributed by atoms with Gasteiger partial charge in [0.15, 0.2) is 0 Å². The van der Waals surface area contributed by atoms with Crippen LogP contribution in [0, 0.1) is 6.92 Å². The molecule has 0 aliphatic rings. The molecule has 0 radical (unpaired) electrons. The number of pyridine rings is 1. The maximum Gasteiger partial charge on any atom is 0.255 e. The number of hydrogen-bond donors (Lipinski definition) is 1. The molecule has 3 nitrogen and oxygen atoms in total. The summed E-state index contributed by atoms with van der Waals surface area (Å²) in [5.41, 5.74) is 2.18. The van der Waals surface area contributed by atoms with Gasteiger partial charge < -0.3 is 5.32 Å². The Morgan fingerprint density at radius 3 is 2.78 bits per heavy atom. The number of benzene rings is 1. The molecular formula is C13H10BrClN2O. The Labute approximate surface area is 118 Å². The fourth-order valence-corrected chi connectivity index (χ4v) is 1.96. The Kier molecular flexibility index (Phi) is 3.99. The second-order valence-corrected chi connectivity index (χ2v) is 5.01. The van der Waals surface area contributed by atoms with E-state index in [1.54, 1.807) is 24.4 Å². The molecule has 2 rings (SSSR count). The quantitative estimate of drug-likeness (QED) is 0.846. The molecule has 1 aromatic carbocycles. The minimum absolute atomic E-state index is 0.196. The van der Waals surface area contributed by atoms with Gasteiger partial charge in [0.2, 0.25) is 0 Å². The topological polar surface area (TPSA) is 42.0 Å². The Morgan fingerprint density at radius 2 is 2.11 bits per heavy atom. The molecule has 0 spiro atoms. The number of carbonyl (C=O) groups is 1. The highest BCUT2D eigenvalue weighted by molar-refractivity contribution is 9.10. The molecule has 1 amide bonds. The van der Waals surface area contributed by atoms with Crippen molar-refractivity contribution in [1.82, 2.24) is 4.98 Å². The van der Waals surface area contributed by atoms with E-state index in [1.165, 1.54) is 0 Å². The SMILES string of the molecule is Cc1ccc(NC(=O)c2ccnc(Br)c2)cc1Cl. The van der Waals surface area contributed by atoms with Crippen LogP contribution in [0.4, 0.5) is 5.69 Å². The van der Waals surface area contributed by atoms with E-state index in [2.05, 4.69) is 26.2 Å². The predicted molar refractivity (Wildman–Crippen MR) is 76.1 cm³/mol. The molecule has 0 atom stereocenters. The van der Waals surface area contributed by atoms with Gasteiger partial charge in [-0.3, -0.25) is 4.79 Å². The van der Waals surface area contributed by atoms with Crippen LogP contribution in [0.2, 0.25) is 5.02 Å². The zero-order chi connectivity index (χ0) is 13.1. The first-order valence-corrected chi connectivity index (χ1v) is 6.42. The molecular weight excluding hydrogens is 316 g/mol. The van der Waals surface area contributed by atoms with E-state index in [-0.39, 0.29) is 5.91 Å². The minimum atomic E-state index is -0.196. The third-order valence-corrected chi connectivity index (χ3v) is 3.26. The van der Waals surface area contributed by atoms with Gasteiger partial charge in [-0.25, -0.2) is 4.98 Å². The smallest absolute Gasteiger partial charge is 0.255 e. The maximum absolute atomic E-state index is 12.0. The van der Waals surface area contributed by atoms with Crippen LogP contribution in [0.1, 0.15) is 15.9 Å². The molecule has 1 N–H and O–H groups in total. The summed E-state index contributed by atoms with van der Waals surface area (Å²) in [6.07, 6.45) is 1.57. The van der Waals surface area contributed by atoms with Crippen LogP contribution in [0.25, 0.3) is 0 Å². The Hall–Kier alpha value is -1.39. The van der Waals surface area contributed by atoms with Gasteiger partial charge in [0.05, 0.1) is 0 Å². The van der Waals surface area contributed by atoms with Crippen molar-refractivity contribution in [1.29, 1.82) is 0 Å². The van der Waals surface area contributed by atoms with Gasteiger partial charge in [-0.1, -0.05) is 17.7 Å². The van der Waals surface area contributed by atoms with Gasteiger partial charge >= 0.3 is 0 Å². The standard InChI is InChI=1S/C13H10BrClN2O/c1-8-2-3-10(7-11(8)15)17-13(18)9-4-5-16-12(14)6-9/h2-7H,1H3,(H,17,18).